The zero-order chi connectivity index (χ0) is 24.2. The largest absolute Gasteiger partial charge is 0.444 e. The number of hydrogen-bond acceptors (Lipinski definition) is 5. The molecule has 2 atom stereocenters. The van der Waals surface area contributed by atoms with Crippen LogP contribution in [0.3, 0.4) is 0 Å². The predicted molar refractivity (Wildman–Crippen MR) is 122 cm³/mol. The molecule has 0 aliphatic carbocycles. The fourth-order valence-electron chi connectivity index (χ4n) is 2.95. The maximum atomic E-state index is 14.1. The van der Waals surface area contributed by atoms with E-state index in [2.05, 4.69) is 21.2 Å². The first-order valence-electron chi connectivity index (χ1n) is 9.36. The highest BCUT2D eigenvalue weighted by Gasteiger charge is 2.30. The number of rotatable bonds is 7. The van der Waals surface area contributed by atoms with Crippen LogP contribution in [0.1, 0.15) is 37.9 Å². The Balaban J connectivity index is 2.52. The summed E-state index contributed by atoms with van der Waals surface area (Å²) in [6, 6.07) is 7.16. The third-order valence-electron chi connectivity index (χ3n) is 4.18. The number of alkyl carbamates (subject to hydrolysis) is 1. The van der Waals surface area contributed by atoms with Crippen LogP contribution < -0.4 is 9.62 Å². The van der Waals surface area contributed by atoms with Gasteiger partial charge in [0.15, 0.2) is 0 Å². The van der Waals surface area contributed by atoms with E-state index in [-0.39, 0.29) is 29.0 Å². The van der Waals surface area contributed by atoms with Crippen LogP contribution in [-0.4, -0.2) is 31.9 Å². The Morgan fingerprint density at radius 2 is 2.03 bits per heavy atom. The van der Waals surface area contributed by atoms with Gasteiger partial charge in [0.2, 0.25) is 0 Å². The van der Waals surface area contributed by atoms with Crippen molar-refractivity contribution in [3.8, 4) is 0 Å². The zero-order valence-electron chi connectivity index (χ0n) is 17.8. The van der Waals surface area contributed by atoms with E-state index in [1.807, 2.05) is 0 Å². The second kappa shape index (κ2) is 10.4. The molecule has 0 heterocycles. The normalized spacial score (nSPS) is 13.2. The summed E-state index contributed by atoms with van der Waals surface area (Å²) >= 11 is 0.483. The van der Waals surface area contributed by atoms with Crippen LogP contribution in [0.4, 0.5) is 20.6 Å². The van der Waals surface area contributed by atoms with Crippen LogP contribution in [0.15, 0.2) is 40.9 Å². The Morgan fingerprint density at radius 3 is 2.56 bits per heavy atom. The first-order valence-corrected chi connectivity index (χ1v) is 11.2. The minimum absolute atomic E-state index is 0.123. The van der Waals surface area contributed by atoms with Crippen LogP contribution >= 0.6 is 15.9 Å². The fraction of sp³-hybridized carbons (Fsp3) is 0.350. The van der Waals surface area contributed by atoms with Gasteiger partial charge >= 0.3 is 6.09 Å². The molecule has 0 saturated heterocycles. The quantitative estimate of drug-likeness (QED) is 0.294. The van der Waals surface area contributed by atoms with E-state index in [4.69, 9.17) is 4.74 Å². The molecule has 2 rings (SSSR count). The van der Waals surface area contributed by atoms with Crippen molar-refractivity contribution >= 4 is 44.7 Å². The molecule has 9 nitrogen and oxygen atoms in total. The minimum atomic E-state index is -2.70. The summed E-state index contributed by atoms with van der Waals surface area (Å²) < 4.78 is 42.7. The third-order valence-corrected chi connectivity index (χ3v) is 5.36. The van der Waals surface area contributed by atoms with Crippen LogP contribution in [0.2, 0.25) is 0 Å². The van der Waals surface area contributed by atoms with Gasteiger partial charge in [-0.15, -0.1) is 0 Å². The highest BCUT2D eigenvalue weighted by atomic mass is 79.9. The fourth-order valence-corrected chi connectivity index (χ4v) is 4.03. The maximum absolute atomic E-state index is 14.1. The van der Waals surface area contributed by atoms with Gasteiger partial charge in [0.1, 0.15) is 17.1 Å². The molecule has 0 fully saturated rings. The van der Waals surface area contributed by atoms with Crippen molar-refractivity contribution in [1.29, 1.82) is 0 Å². The number of halogens is 2. The molecule has 0 aromatic heterocycles. The van der Waals surface area contributed by atoms with Gasteiger partial charge in [-0.2, -0.15) is 0 Å². The molecule has 1 amide bonds. The van der Waals surface area contributed by atoms with Gasteiger partial charge in [-0.25, -0.2) is 13.4 Å². The molecule has 2 aromatic rings. The number of amides is 1. The maximum Gasteiger partial charge on any atom is 0.408 e. The van der Waals surface area contributed by atoms with Crippen LogP contribution in [0.5, 0.6) is 0 Å². The Kier molecular flexibility index (Phi) is 8.32. The third kappa shape index (κ3) is 6.97. The number of nitrogens with zero attached hydrogens (tertiary/aromatic N) is 2. The number of benzene rings is 2. The first kappa shape index (κ1) is 25.7. The topological polar surface area (TPSA) is 122 Å². The summed E-state index contributed by atoms with van der Waals surface area (Å²) in [5.41, 5.74) is -0.762. The number of anilines is 1. The molecule has 1 unspecified atom stereocenters. The number of ether oxygens (including phenoxy) is 1. The van der Waals surface area contributed by atoms with E-state index < -0.39 is 39.7 Å². The molecule has 2 aromatic carbocycles. The Bertz CT molecular complexity index is 1030. The molecule has 0 saturated carbocycles. The number of nitro benzene ring substituents is 1. The van der Waals surface area contributed by atoms with E-state index in [1.165, 1.54) is 37.3 Å². The lowest BCUT2D eigenvalue weighted by Crippen LogP contribution is -2.41. The Labute approximate surface area is 195 Å². The molecule has 0 bridgehead atoms. The van der Waals surface area contributed by atoms with E-state index in [0.717, 1.165) is 10.4 Å². The molecule has 0 aliphatic rings. The number of nitro groups is 1. The summed E-state index contributed by atoms with van der Waals surface area (Å²) in [7, 11) is 0. The van der Waals surface area contributed by atoms with Gasteiger partial charge in [-0.05, 0) is 57.5 Å². The summed E-state index contributed by atoms with van der Waals surface area (Å²) in [5.74, 6) is -0.608. The van der Waals surface area contributed by atoms with E-state index in [9.17, 15) is 28.1 Å². The second-order valence-corrected chi connectivity index (χ2v) is 9.71. The van der Waals surface area contributed by atoms with Gasteiger partial charge in [0.25, 0.3) is 17.0 Å². The molecule has 2 N–H and O–H groups in total. The van der Waals surface area contributed by atoms with E-state index in [1.54, 1.807) is 20.8 Å². The van der Waals surface area contributed by atoms with Gasteiger partial charge in [-0.1, -0.05) is 28.1 Å². The molecule has 0 spiro atoms. The van der Waals surface area contributed by atoms with E-state index in [0.29, 0.717) is 4.47 Å². The van der Waals surface area contributed by atoms with Crippen molar-refractivity contribution in [2.45, 2.75) is 39.3 Å². The Morgan fingerprint density at radius 1 is 1.38 bits per heavy atom. The van der Waals surface area contributed by atoms with Crippen LogP contribution in [-0.2, 0) is 16.0 Å². The lowest BCUT2D eigenvalue weighted by Gasteiger charge is -2.28. The average Bonchev–Trinajstić information content (AvgIpc) is 2.61. The summed E-state index contributed by atoms with van der Waals surface area (Å²) in [6.07, 6.45) is -0.842. The van der Waals surface area contributed by atoms with Crippen molar-refractivity contribution in [1.82, 2.24) is 5.32 Å². The van der Waals surface area contributed by atoms with Gasteiger partial charge < -0.3 is 10.1 Å². The number of carbonyl (C=O) groups excluding carboxylic acids is 1. The van der Waals surface area contributed by atoms with Crippen LogP contribution in [0.25, 0.3) is 0 Å². The van der Waals surface area contributed by atoms with Crippen molar-refractivity contribution in [3.05, 3.63) is 67.9 Å². The Hall–Kier alpha value is -2.57. The molecule has 32 heavy (non-hydrogen) atoms. The molecular formula is C20H23BrFN3O6S. The lowest BCUT2D eigenvalue weighted by molar-refractivity contribution is -0.384. The average molecular weight is 532 g/mol. The SMILES string of the molecule is Cc1cccc(N(C[C@@H](NC(=O)OC(C)(C)C)c2cc(F)cc(Br)c2)S(=O)O)c1[N+](=O)[O-]. The highest BCUT2D eigenvalue weighted by molar-refractivity contribution is 9.10. The summed E-state index contributed by atoms with van der Waals surface area (Å²) in [5, 5.41) is 14.2. The van der Waals surface area contributed by atoms with Crippen molar-refractivity contribution in [2.24, 2.45) is 0 Å². The molecule has 12 heteroatoms. The van der Waals surface area contributed by atoms with Gasteiger partial charge in [-0.3, -0.25) is 19.0 Å². The second-order valence-electron chi connectivity index (χ2n) is 7.89. The van der Waals surface area contributed by atoms with Crippen LogP contribution in [0, 0.1) is 22.9 Å². The van der Waals surface area contributed by atoms with Crippen molar-refractivity contribution in [2.75, 3.05) is 10.8 Å². The zero-order valence-corrected chi connectivity index (χ0v) is 20.2. The van der Waals surface area contributed by atoms with Gasteiger partial charge in [0.05, 0.1) is 17.5 Å². The standard InChI is InChI=1S/C20H23BrFN3O6S/c1-12-6-5-7-17(18(12)25(27)28)24(32(29)30)11-16(23-19(26)31-20(2,3)4)13-8-14(21)10-15(22)9-13/h5-10,16H,11H2,1-4H3,(H,23,26)(H,29,30)/t16-/m1/s1. The highest BCUT2D eigenvalue weighted by Crippen LogP contribution is 2.33. The molecule has 174 valence electrons. The number of nitrogens with one attached hydrogen (secondary N) is 1. The number of aryl methyl sites for hydroxylation is 1. The molecule has 0 radical (unpaired) electrons. The number of hydrogen-bond donors (Lipinski definition) is 2. The minimum Gasteiger partial charge on any atom is -0.444 e. The lowest BCUT2D eigenvalue weighted by atomic mass is 10.1. The number of para-hydroxylation sites is 1. The van der Waals surface area contributed by atoms with Gasteiger partial charge in [0, 0.05) is 10.0 Å². The predicted octanol–water partition coefficient (Wildman–Crippen LogP) is 5.01. The van der Waals surface area contributed by atoms with E-state index >= 15 is 0 Å². The summed E-state index contributed by atoms with van der Waals surface area (Å²) in [6.45, 7) is 6.09. The monoisotopic (exact) mass is 531 g/mol. The number of carbonyl (C=O) groups is 1. The first-order chi connectivity index (χ1) is 14.8. The van der Waals surface area contributed by atoms with Crippen molar-refractivity contribution in [3.63, 3.8) is 0 Å². The molecule has 0 aliphatic heterocycles. The van der Waals surface area contributed by atoms with Crippen molar-refractivity contribution < 1.29 is 27.6 Å². The molecular weight excluding hydrogens is 509 g/mol. The summed E-state index contributed by atoms with van der Waals surface area (Å²) in [4.78, 5) is 23.4. The smallest absolute Gasteiger partial charge is 0.408 e.